The van der Waals surface area contributed by atoms with Crippen molar-refractivity contribution in [3.63, 3.8) is 0 Å². The van der Waals surface area contributed by atoms with E-state index in [1.807, 2.05) is 6.08 Å². The van der Waals surface area contributed by atoms with Gasteiger partial charge in [-0.25, -0.2) is 0 Å². The monoisotopic (exact) mass is 157 g/mol. The van der Waals surface area contributed by atoms with Gasteiger partial charge in [-0.05, 0) is 25.8 Å². The van der Waals surface area contributed by atoms with Gasteiger partial charge in [0.1, 0.15) is 0 Å². The number of allylic oxidation sites excluding steroid dienone is 1. The van der Waals surface area contributed by atoms with Crippen LogP contribution in [0, 0.1) is 0 Å². The molecule has 1 unspecified atom stereocenters. The van der Waals surface area contributed by atoms with Gasteiger partial charge in [0.25, 0.3) is 0 Å². The highest BCUT2D eigenvalue weighted by atomic mass is 16.3. The molecule has 0 aliphatic heterocycles. The van der Waals surface area contributed by atoms with Crippen molar-refractivity contribution in [2.24, 2.45) is 0 Å². The van der Waals surface area contributed by atoms with Crippen LogP contribution in [0.1, 0.15) is 26.2 Å². The summed E-state index contributed by atoms with van der Waals surface area (Å²) in [6.07, 6.45) is 5.07. The zero-order valence-electron chi connectivity index (χ0n) is 7.34. The number of aliphatic hydroxyl groups excluding tert-OH is 1. The Bertz CT molecular complexity index is 89.6. The normalized spacial score (nSPS) is 12.9. The first-order valence-electron chi connectivity index (χ1n) is 4.30. The predicted molar refractivity (Wildman–Crippen MR) is 48.6 cm³/mol. The second kappa shape index (κ2) is 7.76. The largest absolute Gasteiger partial charge is 0.395 e. The Balaban J connectivity index is 3.13. The first-order valence-corrected chi connectivity index (χ1v) is 4.30. The number of hydrogen-bond acceptors (Lipinski definition) is 2. The van der Waals surface area contributed by atoms with Gasteiger partial charge in [0.05, 0.1) is 6.61 Å². The van der Waals surface area contributed by atoms with E-state index >= 15 is 0 Å². The lowest BCUT2D eigenvalue weighted by atomic mass is 10.2. The van der Waals surface area contributed by atoms with Crippen molar-refractivity contribution in [3.05, 3.63) is 12.7 Å². The van der Waals surface area contributed by atoms with Crippen molar-refractivity contribution < 1.29 is 5.11 Å². The van der Waals surface area contributed by atoms with Crippen molar-refractivity contribution in [1.82, 2.24) is 5.32 Å². The smallest absolute Gasteiger partial charge is 0.0584 e. The summed E-state index contributed by atoms with van der Waals surface area (Å²) in [7, 11) is 0. The summed E-state index contributed by atoms with van der Waals surface area (Å²) in [5.41, 5.74) is 0. The minimum atomic E-state index is 0.241. The van der Waals surface area contributed by atoms with E-state index in [1.165, 1.54) is 0 Å². The zero-order valence-corrected chi connectivity index (χ0v) is 7.34. The molecule has 0 saturated heterocycles. The lowest BCUT2D eigenvalue weighted by Crippen LogP contribution is -2.32. The standard InChI is InChI=1S/C9H19NO/c1-3-5-6-7-10-9(4-2)8-11/h3,9-11H,1,4-8H2,2H3. The minimum Gasteiger partial charge on any atom is -0.395 e. The average Bonchev–Trinajstić information content (AvgIpc) is 2.05. The van der Waals surface area contributed by atoms with Gasteiger partial charge in [0, 0.05) is 6.04 Å². The van der Waals surface area contributed by atoms with Crippen LogP contribution in [0.5, 0.6) is 0 Å². The van der Waals surface area contributed by atoms with Crippen LogP contribution in [0.25, 0.3) is 0 Å². The van der Waals surface area contributed by atoms with Crippen LogP contribution in [-0.2, 0) is 0 Å². The molecule has 0 radical (unpaired) electrons. The molecular formula is C9H19NO. The molecule has 0 aromatic rings. The molecule has 2 nitrogen and oxygen atoms in total. The van der Waals surface area contributed by atoms with Gasteiger partial charge in [0.2, 0.25) is 0 Å². The van der Waals surface area contributed by atoms with Crippen LogP contribution in [0.4, 0.5) is 0 Å². The zero-order chi connectivity index (χ0) is 8.53. The predicted octanol–water partition coefficient (Wildman–Crippen LogP) is 1.31. The third-order valence-corrected chi connectivity index (χ3v) is 1.73. The van der Waals surface area contributed by atoms with Crippen LogP contribution < -0.4 is 5.32 Å². The Morgan fingerprint density at radius 3 is 2.82 bits per heavy atom. The van der Waals surface area contributed by atoms with Crippen LogP contribution >= 0.6 is 0 Å². The lowest BCUT2D eigenvalue weighted by molar-refractivity contribution is 0.239. The molecule has 2 heteroatoms. The first-order chi connectivity index (χ1) is 5.35. The third-order valence-electron chi connectivity index (χ3n) is 1.73. The van der Waals surface area contributed by atoms with Gasteiger partial charge >= 0.3 is 0 Å². The topological polar surface area (TPSA) is 32.3 Å². The van der Waals surface area contributed by atoms with Gasteiger partial charge in [-0.3, -0.25) is 0 Å². The summed E-state index contributed by atoms with van der Waals surface area (Å²) >= 11 is 0. The number of aliphatic hydroxyl groups is 1. The molecule has 0 fully saturated rings. The van der Waals surface area contributed by atoms with E-state index in [2.05, 4.69) is 18.8 Å². The van der Waals surface area contributed by atoms with Crippen LogP contribution in [0.2, 0.25) is 0 Å². The second-order valence-electron chi connectivity index (χ2n) is 2.67. The van der Waals surface area contributed by atoms with Gasteiger partial charge in [-0.15, -0.1) is 6.58 Å². The molecule has 11 heavy (non-hydrogen) atoms. The highest BCUT2D eigenvalue weighted by Gasteiger charge is 2.00. The molecule has 0 amide bonds. The highest BCUT2D eigenvalue weighted by Crippen LogP contribution is 1.91. The summed E-state index contributed by atoms with van der Waals surface area (Å²) in [4.78, 5) is 0. The molecule has 0 saturated carbocycles. The molecule has 0 aliphatic rings. The molecule has 0 heterocycles. The summed E-state index contributed by atoms with van der Waals surface area (Å²) < 4.78 is 0. The number of hydrogen-bond donors (Lipinski definition) is 2. The van der Waals surface area contributed by atoms with E-state index < -0.39 is 0 Å². The fraction of sp³-hybridized carbons (Fsp3) is 0.778. The van der Waals surface area contributed by atoms with Gasteiger partial charge in [0.15, 0.2) is 0 Å². The van der Waals surface area contributed by atoms with Crippen molar-refractivity contribution in [2.45, 2.75) is 32.2 Å². The summed E-state index contributed by atoms with van der Waals surface area (Å²) in [5, 5.41) is 12.1. The molecule has 2 N–H and O–H groups in total. The second-order valence-corrected chi connectivity index (χ2v) is 2.67. The van der Waals surface area contributed by atoms with E-state index in [-0.39, 0.29) is 12.6 Å². The van der Waals surface area contributed by atoms with Crippen molar-refractivity contribution >= 4 is 0 Å². The lowest BCUT2D eigenvalue weighted by Gasteiger charge is -2.12. The molecule has 0 aromatic carbocycles. The van der Waals surface area contributed by atoms with E-state index in [1.54, 1.807) is 0 Å². The molecular weight excluding hydrogens is 138 g/mol. The fourth-order valence-electron chi connectivity index (χ4n) is 0.891. The van der Waals surface area contributed by atoms with Crippen LogP contribution in [0.15, 0.2) is 12.7 Å². The Hall–Kier alpha value is -0.340. The molecule has 66 valence electrons. The Labute approximate surface area is 69.3 Å². The highest BCUT2D eigenvalue weighted by molar-refractivity contribution is 4.68. The van der Waals surface area contributed by atoms with Crippen LogP contribution in [-0.4, -0.2) is 24.3 Å². The molecule has 0 aliphatic carbocycles. The minimum absolute atomic E-state index is 0.241. The van der Waals surface area contributed by atoms with E-state index in [0.29, 0.717) is 0 Å². The van der Waals surface area contributed by atoms with Crippen LogP contribution in [0.3, 0.4) is 0 Å². The Morgan fingerprint density at radius 2 is 2.36 bits per heavy atom. The molecule has 1 atom stereocenters. The molecule has 0 rings (SSSR count). The molecule has 0 aromatic heterocycles. The van der Waals surface area contributed by atoms with Gasteiger partial charge in [-0.2, -0.15) is 0 Å². The Morgan fingerprint density at radius 1 is 1.64 bits per heavy atom. The van der Waals surface area contributed by atoms with Gasteiger partial charge < -0.3 is 10.4 Å². The summed E-state index contributed by atoms with van der Waals surface area (Å²) in [5.74, 6) is 0. The fourth-order valence-corrected chi connectivity index (χ4v) is 0.891. The number of rotatable bonds is 7. The van der Waals surface area contributed by atoms with Crippen molar-refractivity contribution in [1.29, 1.82) is 0 Å². The van der Waals surface area contributed by atoms with Crippen molar-refractivity contribution in [2.75, 3.05) is 13.2 Å². The Kier molecular flexibility index (Phi) is 7.52. The quantitative estimate of drug-likeness (QED) is 0.431. The number of nitrogens with one attached hydrogen (secondary N) is 1. The van der Waals surface area contributed by atoms with Crippen molar-refractivity contribution in [3.8, 4) is 0 Å². The molecule has 0 bridgehead atoms. The summed E-state index contributed by atoms with van der Waals surface area (Å²) in [6, 6.07) is 0.278. The third kappa shape index (κ3) is 6.07. The number of unbranched alkanes of at least 4 members (excludes halogenated alkanes) is 1. The average molecular weight is 157 g/mol. The van der Waals surface area contributed by atoms with E-state index in [4.69, 9.17) is 5.11 Å². The summed E-state index contributed by atoms with van der Waals surface area (Å²) in [6.45, 7) is 6.93. The van der Waals surface area contributed by atoms with Gasteiger partial charge in [-0.1, -0.05) is 13.0 Å². The van der Waals surface area contributed by atoms with E-state index in [9.17, 15) is 0 Å². The maximum absolute atomic E-state index is 8.80. The molecule has 0 spiro atoms. The first kappa shape index (κ1) is 10.7. The SMILES string of the molecule is C=CCCCNC(CC)CO. The maximum Gasteiger partial charge on any atom is 0.0584 e. The maximum atomic E-state index is 8.80. The van der Waals surface area contributed by atoms with E-state index in [0.717, 1.165) is 25.8 Å².